The number of rotatable bonds is 3. The molecule has 1 aromatic heterocycles. The Bertz CT molecular complexity index is 557. The third kappa shape index (κ3) is 2.26. The molecule has 2 rings (SSSR count). The minimum absolute atomic E-state index is 0.0602. The molecule has 0 saturated carbocycles. The first kappa shape index (κ1) is 13.0. The molecule has 0 spiro atoms. The second kappa shape index (κ2) is 5.07. The maximum atomic E-state index is 13.6. The minimum Gasteiger partial charge on any atom is -0.383 e. The Kier molecular flexibility index (Phi) is 3.68. The van der Waals surface area contributed by atoms with E-state index in [9.17, 15) is 13.9 Å². The Morgan fingerprint density at radius 2 is 2.00 bits per heavy atom. The first-order chi connectivity index (χ1) is 8.52. The van der Waals surface area contributed by atoms with E-state index in [-0.39, 0.29) is 11.5 Å². The SMILES string of the molecule is CC(C)c1nnsc1C(O)c1cccc(F)c1F. The van der Waals surface area contributed by atoms with Crippen LogP contribution in [0.2, 0.25) is 0 Å². The normalized spacial score (nSPS) is 13.0. The predicted octanol–water partition coefficient (Wildman–Crippen LogP) is 3.02. The molecule has 6 heteroatoms. The highest BCUT2D eigenvalue weighted by molar-refractivity contribution is 7.05. The third-order valence-corrected chi connectivity index (χ3v) is 3.40. The molecule has 0 radical (unpaired) electrons. The number of hydrogen-bond acceptors (Lipinski definition) is 4. The van der Waals surface area contributed by atoms with Gasteiger partial charge in [-0.3, -0.25) is 0 Å². The van der Waals surface area contributed by atoms with E-state index in [4.69, 9.17) is 0 Å². The van der Waals surface area contributed by atoms with Gasteiger partial charge in [0.05, 0.1) is 10.6 Å². The number of aromatic nitrogens is 2. The molecule has 96 valence electrons. The Balaban J connectivity index is 2.45. The monoisotopic (exact) mass is 270 g/mol. The van der Waals surface area contributed by atoms with E-state index in [0.717, 1.165) is 17.6 Å². The second-order valence-corrected chi connectivity index (χ2v) is 5.01. The molecule has 0 fully saturated rings. The number of halogens is 2. The summed E-state index contributed by atoms with van der Waals surface area (Å²) in [6, 6.07) is 3.73. The first-order valence-electron chi connectivity index (χ1n) is 5.46. The van der Waals surface area contributed by atoms with Gasteiger partial charge in [-0.1, -0.05) is 30.5 Å². The van der Waals surface area contributed by atoms with Gasteiger partial charge in [-0.15, -0.1) is 5.10 Å². The molecule has 1 unspecified atom stereocenters. The molecule has 2 aromatic rings. The quantitative estimate of drug-likeness (QED) is 0.932. The van der Waals surface area contributed by atoms with Crippen LogP contribution in [0.25, 0.3) is 0 Å². The summed E-state index contributed by atoms with van der Waals surface area (Å²) in [5.41, 5.74) is 0.513. The van der Waals surface area contributed by atoms with Gasteiger partial charge in [-0.25, -0.2) is 8.78 Å². The number of nitrogens with zero attached hydrogens (tertiary/aromatic N) is 2. The lowest BCUT2D eigenvalue weighted by molar-refractivity contribution is 0.215. The zero-order valence-electron chi connectivity index (χ0n) is 9.89. The van der Waals surface area contributed by atoms with E-state index < -0.39 is 17.7 Å². The van der Waals surface area contributed by atoms with Crippen LogP contribution in [0.15, 0.2) is 18.2 Å². The first-order valence-corrected chi connectivity index (χ1v) is 6.23. The highest BCUT2D eigenvalue weighted by atomic mass is 32.1. The molecule has 1 atom stereocenters. The smallest absolute Gasteiger partial charge is 0.164 e. The number of aliphatic hydroxyl groups excluding tert-OH is 1. The maximum Gasteiger partial charge on any atom is 0.164 e. The van der Waals surface area contributed by atoms with Gasteiger partial charge in [0.1, 0.15) is 6.10 Å². The summed E-state index contributed by atoms with van der Waals surface area (Å²) in [5, 5.41) is 14.0. The van der Waals surface area contributed by atoms with Crippen molar-refractivity contribution in [3.05, 3.63) is 46.0 Å². The third-order valence-electron chi connectivity index (χ3n) is 2.61. The summed E-state index contributed by atoms with van der Waals surface area (Å²) in [6.07, 6.45) is -1.24. The largest absolute Gasteiger partial charge is 0.383 e. The Morgan fingerprint density at radius 3 is 2.67 bits per heavy atom. The fourth-order valence-corrected chi connectivity index (χ4v) is 2.48. The van der Waals surface area contributed by atoms with Gasteiger partial charge in [0.25, 0.3) is 0 Å². The summed E-state index contributed by atoms with van der Waals surface area (Å²) in [5.74, 6) is -1.95. The molecule has 0 saturated heterocycles. The fourth-order valence-electron chi connectivity index (χ4n) is 1.67. The zero-order valence-corrected chi connectivity index (χ0v) is 10.7. The van der Waals surface area contributed by atoms with E-state index in [2.05, 4.69) is 9.59 Å². The van der Waals surface area contributed by atoms with Crippen molar-refractivity contribution in [2.24, 2.45) is 0 Å². The van der Waals surface area contributed by atoms with Crippen molar-refractivity contribution < 1.29 is 13.9 Å². The molecular formula is C12H12F2N2OS. The summed E-state index contributed by atoms with van der Waals surface area (Å²) < 4.78 is 30.5. The van der Waals surface area contributed by atoms with Crippen molar-refractivity contribution in [3.8, 4) is 0 Å². The number of hydrogen-bond donors (Lipinski definition) is 1. The van der Waals surface area contributed by atoms with Crippen molar-refractivity contribution in [2.45, 2.75) is 25.9 Å². The molecule has 0 aliphatic carbocycles. The van der Waals surface area contributed by atoms with E-state index in [1.807, 2.05) is 13.8 Å². The van der Waals surface area contributed by atoms with Gasteiger partial charge >= 0.3 is 0 Å². The minimum atomic E-state index is -1.24. The van der Waals surface area contributed by atoms with Crippen LogP contribution in [0, 0.1) is 11.6 Å². The van der Waals surface area contributed by atoms with Crippen molar-refractivity contribution in [3.63, 3.8) is 0 Å². The molecule has 0 bridgehead atoms. The molecule has 3 nitrogen and oxygen atoms in total. The molecule has 1 N–H and O–H groups in total. The van der Waals surface area contributed by atoms with Gasteiger partial charge in [-0.2, -0.15) is 0 Å². The second-order valence-electron chi connectivity index (χ2n) is 4.22. The highest BCUT2D eigenvalue weighted by Gasteiger charge is 2.24. The lowest BCUT2D eigenvalue weighted by Gasteiger charge is -2.12. The van der Waals surface area contributed by atoms with Gasteiger partial charge in [0.2, 0.25) is 0 Å². The van der Waals surface area contributed by atoms with Crippen molar-refractivity contribution >= 4 is 11.5 Å². The van der Waals surface area contributed by atoms with Crippen molar-refractivity contribution in [1.29, 1.82) is 0 Å². The number of benzene rings is 1. The molecule has 0 aliphatic heterocycles. The van der Waals surface area contributed by atoms with Gasteiger partial charge in [0, 0.05) is 5.56 Å². The average Bonchev–Trinajstić information content (AvgIpc) is 2.81. The van der Waals surface area contributed by atoms with Gasteiger partial charge in [-0.05, 0) is 23.5 Å². The zero-order chi connectivity index (χ0) is 13.3. The van der Waals surface area contributed by atoms with E-state index in [0.29, 0.717) is 10.6 Å². The lowest BCUT2D eigenvalue weighted by atomic mass is 10.0. The molecule has 0 aliphatic rings. The molecule has 1 heterocycles. The average molecular weight is 270 g/mol. The van der Waals surface area contributed by atoms with Gasteiger partial charge < -0.3 is 5.11 Å². The Morgan fingerprint density at radius 1 is 1.28 bits per heavy atom. The van der Waals surface area contributed by atoms with Crippen molar-refractivity contribution in [2.75, 3.05) is 0 Å². The van der Waals surface area contributed by atoms with Crippen LogP contribution in [-0.4, -0.2) is 14.7 Å². The van der Waals surface area contributed by atoms with E-state index in [1.165, 1.54) is 12.1 Å². The van der Waals surface area contributed by atoms with E-state index in [1.54, 1.807) is 0 Å². The van der Waals surface area contributed by atoms with Crippen LogP contribution in [0.4, 0.5) is 8.78 Å². The Hall–Kier alpha value is -1.40. The summed E-state index contributed by atoms with van der Waals surface area (Å²) in [6.45, 7) is 3.80. The standard InChI is InChI=1S/C12H12F2N2OS/c1-6(2)10-12(18-16-15-10)11(17)7-4-3-5-8(13)9(7)14/h3-6,11,17H,1-2H3. The summed E-state index contributed by atoms with van der Waals surface area (Å²) >= 11 is 0.995. The van der Waals surface area contributed by atoms with Crippen LogP contribution in [0.1, 0.15) is 42.0 Å². The molecule has 18 heavy (non-hydrogen) atoms. The molecule has 0 amide bonds. The Labute approximate surface area is 107 Å². The van der Waals surface area contributed by atoms with Crippen LogP contribution >= 0.6 is 11.5 Å². The lowest BCUT2D eigenvalue weighted by Crippen LogP contribution is -2.06. The number of aliphatic hydroxyl groups is 1. The summed E-state index contributed by atoms with van der Waals surface area (Å²) in [4.78, 5) is 0.453. The highest BCUT2D eigenvalue weighted by Crippen LogP contribution is 2.32. The van der Waals surface area contributed by atoms with Crippen LogP contribution in [0.3, 0.4) is 0 Å². The maximum absolute atomic E-state index is 13.6. The van der Waals surface area contributed by atoms with Gasteiger partial charge in [0.15, 0.2) is 11.6 Å². The topological polar surface area (TPSA) is 46.0 Å². The molecule has 1 aromatic carbocycles. The van der Waals surface area contributed by atoms with Crippen LogP contribution in [-0.2, 0) is 0 Å². The predicted molar refractivity (Wildman–Crippen MR) is 64.4 cm³/mol. The van der Waals surface area contributed by atoms with Crippen molar-refractivity contribution in [1.82, 2.24) is 9.59 Å². The van der Waals surface area contributed by atoms with Crippen LogP contribution < -0.4 is 0 Å². The molecular weight excluding hydrogens is 258 g/mol. The van der Waals surface area contributed by atoms with E-state index >= 15 is 0 Å². The fraction of sp³-hybridized carbons (Fsp3) is 0.333. The van der Waals surface area contributed by atoms with Crippen LogP contribution in [0.5, 0.6) is 0 Å². The summed E-state index contributed by atoms with van der Waals surface area (Å²) in [7, 11) is 0.